The molecule has 0 saturated heterocycles. The van der Waals surface area contributed by atoms with Crippen molar-refractivity contribution in [2.75, 3.05) is 12.0 Å². The molecule has 1 heterocycles. The average Bonchev–Trinajstić information content (AvgIpc) is 2.73. The zero-order valence-corrected chi connectivity index (χ0v) is 11.4. The molecule has 0 fully saturated rings. The van der Waals surface area contributed by atoms with Gasteiger partial charge in [-0.2, -0.15) is 11.8 Å². The summed E-state index contributed by atoms with van der Waals surface area (Å²) in [5.41, 5.74) is 1.91. The first-order chi connectivity index (χ1) is 8.70. The fraction of sp³-hybridized carbons (Fsp3) is 0.385. The van der Waals surface area contributed by atoms with Crippen LogP contribution in [0.3, 0.4) is 0 Å². The number of thioether (sulfide) groups is 1. The standard InChI is InChI=1S/C13H17N3OS/c1-10(8-18-2)15-13(17)7-16-9-14-11-5-3-4-6-12(11)16/h3-6,9-10H,7-8H2,1-2H3,(H,15,17)/t10-/m0/s1. The Bertz CT molecular complexity index is 538. The number of nitrogens with one attached hydrogen (secondary N) is 1. The number of aromatic nitrogens is 2. The first-order valence-electron chi connectivity index (χ1n) is 5.89. The lowest BCUT2D eigenvalue weighted by atomic mass is 10.3. The van der Waals surface area contributed by atoms with E-state index >= 15 is 0 Å². The summed E-state index contributed by atoms with van der Waals surface area (Å²) in [6, 6.07) is 8.01. The largest absolute Gasteiger partial charge is 0.351 e. The highest BCUT2D eigenvalue weighted by molar-refractivity contribution is 7.98. The normalized spacial score (nSPS) is 12.6. The molecule has 4 nitrogen and oxygen atoms in total. The maximum absolute atomic E-state index is 11.9. The molecule has 1 aromatic heterocycles. The van der Waals surface area contributed by atoms with Crippen molar-refractivity contribution in [1.82, 2.24) is 14.9 Å². The number of nitrogens with zero attached hydrogens (tertiary/aromatic N) is 2. The maximum atomic E-state index is 11.9. The quantitative estimate of drug-likeness (QED) is 0.896. The Morgan fingerprint density at radius 1 is 1.50 bits per heavy atom. The van der Waals surface area contributed by atoms with Gasteiger partial charge in [-0.1, -0.05) is 12.1 Å². The average molecular weight is 263 g/mol. The Hall–Kier alpha value is -1.49. The van der Waals surface area contributed by atoms with Crippen LogP contribution < -0.4 is 5.32 Å². The second-order valence-electron chi connectivity index (χ2n) is 4.29. The Morgan fingerprint density at radius 3 is 3.06 bits per heavy atom. The third-order valence-electron chi connectivity index (χ3n) is 2.67. The van der Waals surface area contributed by atoms with Crippen molar-refractivity contribution in [1.29, 1.82) is 0 Å². The van der Waals surface area contributed by atoms with Crippen LogP contribution in [0, 0.1) is 0 Å². The molecule has 96 valence electrons. The molecule has 0 aliphatic heterocycles. The minimum Gasteiger partial charge on any atom is -0.351 e. The molecule has 5 heteroatoms. The van der Waals surface area contributed by atoms with Gasteiger partial charge in [0, 0.05) is 11.8 Å². The zero-order valence-electron chi connectivity index (χ0n) is 10.6. The number of rotatable bonds is 5. The first kappa shape index (κ1) is 13.0. The lowest BCUT2D eigenvalue weighted by molar-refractivity contribution is -0.122. The topological polar surface area (TPSA) is 46.9 Å². The number of para-hydroxylation sites is 2. The summed E-state index contributed by atoms with van der Waals surface area (Å²) in [4.78, 5) is 16.1. The number of hydrogen-bond acceptors (Lipinski definition) is 3. The summed E-state index contributed by atoms with van der Waals surface area (Å²) in [6.45, 7) is 2.33. The third-order valence-corrected chi connectivity index (χ3v) is 3.50. The molecule has 18 heavy (non-hydrogen) atoms. The van der Waals surface area contributed by atoms with E-state index < -0.39 is 0 Å². The van der Waals surface area contributed by atoms with Crippen LogP contribution in [0.1, 0.15) is 6.92 Å². The number of fused-ring (bicyclic) bond motifs is 1. The molecular formula is C13H17N3OS. The number of amides is 1. The van der Waals surface area contributed by atoms with Crippen LogP contribution in [-0.2, 0) is 11.3 Å². The van der Waals surface area contributed by atoms with Crippen LogP contribution in [0.15, 0.2) is 30.6 Å². The van der Waals surface area contributed by atoms with Gasteiger partial charge in [0.1, 0.15) is 6.54 Å². The highest BCUT2D eigenvalue weighted by atomic mass is 32.2. The lowest BCUT2D eigenvalue weighted by Gasteiger charge is -2.12. The van der Waals surface area contributed by atoms with E-state index in [9.17, 15) is 4.79 Å². The Balaban J connectivity index is 2.03. The smallest absolute Gasteiger partial charge is 0.240 e. The fourth-order valence-corrected chi connectivity index (χ4v) is 2.49. The molecule has 0 unspecified atom stereocenters. The first-order valence-corrected chi connectivity index (χ1v) is 7.28. The van der Waals surface area contributed by atoms with Gasteiger partial charge < -0.3 is 9.88 Å². The second-order valence-corrected chi connectivity index (χ2v) is 5.20. The zero-order chi connectivity index (χ0) is 13.0. The van der Waals surface area contributed by atoms with E-state index in [1.165, 1.54) is 0 Å². The minimum atomic E-state index is 0.0275. The summed E-state index contributed by atoms with van der Waals surface area (Å²) in [5.74, 6) is 0.955. The minimum absolute atomic E-state index is 0.0275. The molecule has 2 aromatic rings. The summed E-state index contributed by atoms with van der Waals surface area (Å²) >= 11 is 1.73. The molecule has 1 N–H and O–H groups in total. The summed E-state index contributed by atoms with van der Waals surface area (Å²) in [7, 11) is 0. The highest BCUT2D eigenvalue weighted by Crippen LogP contribution is 2.11. The molecule has 0 radical (unpaired) electrons. The monoisotopic (exact) mass is 263 g/mol. The van der Waals surface area contributed by atoms with E-state index in [4.69, 9.17) is 0 Å². The summed E-state index contributed by atoms with van der Waals surface area (Å²) in [6.07, 6.45) is 3.75. The highest BCUT2D eigenvalue weighted by Gasteiger charge is 2.09. The van der Waals surface area contributed by atoms with Gasteiger partial charge in [0.15, 0.2) is 0 Å². The molecule has 0 saturated carbocycles. The van der Waals surface area contributed by atoms with Gasteiger partial charge in [0.05, 0.1) is 17.4 Å². The van der Waals surface area contributed by atoms with Gasteiger partial charge in [-0.25, -0.2) is 4.98 Å². The number of hydrogen-bond donors (Lipinski definition) is 1. The predicted octanol–water partition coefficient (Wildman–Crippen LogP) is 1.90. The molecule has 1 aromatic carbocycles. The Labute approximate surface area is 111 Å². The van der Waals surface area contributed by atoms with E-state index in [1.807, 2.05) is 42.0 Å². The van der Waals surface area contributed by atoms with Crippen LogP contribution in [0.5, 0.6) is 0 Å². The van der Waals surface area contributed by atoms with Crippen molar-refractivity contribution < 1.29 is 4.79 Å². The van der Waals surface area contributed by atoms with Crippen molar-refractivity contribution in [2.45, 2.75) is 19.5 Å². The van der Waals surface area contributed by atoms with Crippen molar-refractivity contribution in [2.24, 2.45) is 0 Å². The van der Waals surface area contributed by atoms with Crippen molar-refractivity contribution in [3.63, 3.8) is 0 Å². The summed E-state index contributed by atoms with van der Waals surface area (Å²) in [5, 5.41) is 2.98. The number of carbonyl (C=O) groups is 1. The van der Waals surface area contributed by atoms with Crippen molar-refractivity contribution >= 4 is 28.7 Å². The van der Waals surface area contributed by atoms with Crippen LogP contribution in [0.25, 0.3) is 11.0 Å². The van der Waals surface area contributed by atoms with Crippen molar-refractivity contribution in [3.05, 3.63) is 30.6 Å². The maximum Gasteiger partial charge on any atom is 0.240 e. The van der Waals surface area contributed by atoms with Gasteiger partial charge in [0.2, 0.25) is 5.91 Å². The van der Waals surface area contributed by atoms with Gasteiger partial charge in [-0.15, -0.1) is 0 Å². The predicted molar refractivity (Wildman–Crippen MR) is 75.7 cm³/mol. The van der Waals surface area contributed by atoms with Crippen molar-refractivity contribution in [3.8, 4) is 0 Å². The molecule has 0 aliphatic carbocycles. The van der Waals surface area contributed by atoms with Crippen LogP contribution in [0.2, 0.25) is 0 Å². The second kappa shape index (κ2) is 5.91. The lowest BCUT2D eigenvalue weighted by Crippen LogP contribution is -2.36. The number of imidazole rings is 1. The van der Waals surface area contributed by atoms with Gasteiger partial charge in [-0.3, -0.25) is 4.79 Å². The molecule has 0 spiro atoms. The molecule has 0 bridgehead atoms. The van der Waals surface area contributed by atoms with E-state index in [2.05, 4.69) is 10.3 Å². The summed E-state index contributed by atoms with van der Waals surface area (Å²) < 4.78 is 1.87. The Morgan fingerprint density at radius 2 is 2.28 bits per heavy atom. The van der Waals surface area contributed by atoms with Crippen LogP contribution >= 0.6 is 11.8 Å². The molecule has 2 rings (SSSR count). The van der Waals surface area contributed by atoms with E-state index in [-0.39, 0.29) is 11.9 Å². The number of carbonyl (C=O) groups excluding carboxylic acids is 1. The van der Waals surface area contributed by atoms with Gasteiger partial charge >= 0.3 is 0 Å². The molecule has 1 atom stereocenters. The Kier molecular flexibility index (Phi) is 4.25. The van der Waals surface area contributed by atoms with E-state index in [1.54, 1.807) is 18.1 Å². The number of benzene rings is 1. The molecular weight excluding hydrogens is 246 g/mol. The fourth-order valence-electron chi connectivity index (χ4n) is 1.90. The molecule has 1 amide bonds. The molecule has 0 aliphatic rings. The van der Waals surface area contributed by atoms with Crippen LogP contribution in [0.4, 0.5) is 0 Å². The van der Waals surface area contributed by atoms with Gasteiger partial charge in [-0.05, 0) is 25.3 Å². The van der Waals surface area contributed by atoms with Gasteiger partial charge in [0.25, 0.3) is 0 Å². The SMILES string of the molecule is CSC[C@H](C)NC(=O)Cn1cnc2ccccc21. The van der Waals surface area contributed by atoms with Crippen LogP contribution in [-0.4, -0.2) is 33.5 Å². The van der Waals surface area contributed by atoms with E-state index in [0.29, 0.717) is 6.54 Å². The van der Waals surface area contributed by atoms with E-state index in [0.717, 1.165) is 16.8 Å². The third kappa shape index (κ3) is 3.04.